The van der Waals surface area contributed by atoms with Crippen LogP contribution in [0.3, 0.4) is 0 Å². The fourth-order valence-electron chi connectivity index (χ4n) is 3.93. The molecular weight excluding hydrogens is 360 g/mol. The van der Waals surface area contributed by atoms with E-state index in [4.69, 9.17) is 9.26 Å². The number of rotatable bonds is 5. The van der Waals surface area contributed by atoms with Crippen molar-refractivity contribution in [2.24, 2.45) is 0 Å². The normalized spacial score (nSPS) is 22.5. The lowest BCUT2D eigenvalue weighted by Crippen LogP contribution is -2.48. The van der Waals surface area contributed by atoms with Gasteiger partial charge in [-0.3, -0.25) is 4.79 Å². The lowest BCUT2D eigenvalue weighted by molar-refractivity contribution is -0.139. The van der Waals surface area contributed by atoms with Crippen molar-refractivity contribution >= 4 is 21.7 Å². The summed E-state index contributed by atoms with van der Waals surface area (Å²) in [4.78, 5) is 26.7. The third kappa shape index (κ3) is 3.92. The van der Waals surface area contributed by atoms with Crippen molar-refractivity contribution in [1.29, 1.82) is 0 Å². The number of ether oxygens (including phenoxy) is 1. The Morgan fingerprint density at radius 3 is 2.42 bits per heavy atom. The van der Waals surface area contributed by atoms with E-state index in [0.29, 0.717) is 17.9 Å². The number of sulfone groups is 1. The van der Waals surface area contributed by atoms with E-state index in [1.165, 1.54) is 0 Å². The molecular formula is C17H24N2O6S. The highest BCUT2D eigenvalue weighted by Gasteiger charge is 2.39. The summed E-state index contributed by atoms with van der Waals surface area (Å²) in [5.41, 5.74) is 0.642. The zero-order valence-corrected chi connectivity index (χ0v) is 15.9. The largest absolute Gasteiger partial charge is 0.452 e. The van der Waals surface area contributed by atoms with E-state index in [0.717, 1.165) is 25.7 Å². The first-order valence-corrected chi connectivity index (χ1v) is 10.7. The first-order valence-electron chi connectivity index (χ1n) is 8.90. The Morgan fingerprint density at radius 1 is 1.19 bits per heavy atom. The number of hydrogen-bond acceptors (Lipinski definition) is 7. The van der Waals surface area contributed by atoms with Gasteiger partial charge in [0, 0.05) is 12.1 Å². The van der Waals surface area contributed by atoms with Crippen LogP contribution in [0.15, 0.2) is 4.52 Å². The predicted octanol–water partition coefficient (Wildman–Crippen LogP) is 1.41. The predicted molar refractivity (Wildman–Crippen MR) is 92.4 cm³/mol. The van der Waals surface area contributed by atoms with Crippen molar-refractivity contribution in [3.8, 4) is 0 Å². The highest BCUT2D eigenvalue weighted by Crippen LogP contribution is 2.29. The van der Waals surface area contributed by atoms with Crippen LogP contribution in [0.2, 0.25) is 0 Å². The van der Waals surface area contributed by atoms with Crippen molar-refractivity contribution in [2.75, 3.05) is 18.1 Å². The first kappa shape index (κ1) is 18.9. The quantitative estimate of drug-likeness (QED) is 0.706. The molecule has 2 heterocycles. The van der Waals surface area contributed by atoms with Gasteiger partial charge in [-0.25, -0.2) is 13.2 Å². The van der Waals surface area contributed by atoms with Gasteiger partial charge in [-0.15, -0.1) is 0 Å². The molecule has 1 amide bonds. The summed E-state index contributed by atoms with van der Waals surface area (Å²) in [7, 11) is -3.10. The van der Waals surface area contributed by atoms with Gasteiger partial charge >= 0.3 is 5.97 Å². The minimum Gasteiger partial charge on any atom is -0.452 e. The molecule has 1 aromatic heterocycles. The zero-order valence-electron chi connectivity index (χ0n) is 15.1. The van der Waals surface area contributed by atoms with Gasteiger partial charge < -0.3 is 14.2 Å². The lowest BCUT2D eigenvalue weighted by Gasteiger charge is -2.33. The van der Waals surface area contributed by atoms with E-state index >= 15 is 0 Å². The minimum absolute atomic E-state index is 0.00689. The fourth-order valence-corrected chi connectivity index (χ4v) is 5.64. The summed E-state index contributed by atoms with van der Waals surface area (Å²) in [6.45, 7) is 2.83. The van der Waals surface area contributed by atoms with Crippen LogP contribution in [0.1, 0.15) is 53.9 Å². The number of carbonyl (C=O) groups excluding carboxylic acids is 2. The van der Waals surface area contributed by atoms with Crippen molar-refractivity contribution < 1.29 is 27.3 Å². The van der Waals surface area contributed by atoms with E-state index in [2.05, 4.69) is 5.16 Å². The van der Waals surface area contributed by atoms with Gasteiger partial charge in [0.15, 0.2) is 16.4 Å². The summed E-state index contributed by atoms with van der Waals surface area (Å²) in [5, 5.41) is 3.70. The van der Waals surface area contributed by atoms with Crippen molar-refractivity contribution in [1.82, 2.24) is 10.1 Å². The Morgan fingerprint density at radius 2 is 1.88 bits per heavy atom. The second-order valence-corrected chi connectivity index (χ2v) is 9.30. The van der Waals surface area contributed by atoms with E-state index in [-0.39, 0.29) is 35.1 Å². The summed E-state index contributed by atoms with van der Waals surface area (Å²) in [5.74, 6) is -0.547. The van der Waals surface area contributed by atoms with Crippen LogP contribution in [0.4, 0.5) is 0 Å². The standard InChI is InChI=1S/C17H24N2O6S/c1-11-16(12(2)25-18-11)17(21)24-9-15(20)19(13-5-3-4-6-13)14-7-8-26(22,23)10-14/h13-14H,3-10H2,1-2H3/t14-/m0/s1. The van der Waals surface area contributed by atoms with Crippen LogP contribution >= 0.6 is 0 Å². The number of nitrogens with zero attached hydrogens (tertiary/aromatic N) is 2. The van der Waals surface area contributed by atoms with E-state index in [1.54, 1.807) is 18.7 Å². The minimum atomic E-state index is -3.10. The second-order valence-electron chi connectivity index (χ2n) is 7.07. The van der Waals surface area contributed by atoms with Gasteiger partial charge in [0.1, 0.15) is 11.3 Å². The average molecular weight is 384 g/mol. The fraction of sp³-hybridized carbons (Fsp3) is 0.706. The Kier molecular flexibility index (Phi) is 5.36. The maximum Gasteiger partial charge on any atom is 0.344 e. The molecule has 8 nitrogen and oxygen atoms in total. The molecule has 0 N–H and O–H groups in total. The molecule has 1 saturated heterocycles. The molecule has 2 fully saturated rings. The highest BCUT2D eigenvalue weighted by atomic mass is 32.2. The van der Waals surface area contributed by atoms with Crippen LogP contribution in [0.5, 0.6) is 0 Å². The van der Waals surface area contributed by atoms with Crippen LogP contribution in [0, 0.1) is 13.8 Å². The molecule has 9 heteroatoms. The number of amides is 1. The van der Waals surface area contributed by atoms with E-state index in [9.17, 15) is 18.0 Å². The van der Waals surface area contributed by atoms with Gasteiger partial charge in [-0.1, -0.05) is 18.0 Å². The summed E-state index contributed by atoms with van der Waals surface area (Å²) < 4.78 is 33.8. The van der Waals surface area contributed by atoms with Gasteiger partial charge in [0.2, 0.25) is 0 Å². The third-order valence-corrected chi connectivity index (χ3v) is 6.92. The Labute approximate surface area is 152 Å². The molecule has 0 bridgehead atoms. The maximum atomic E-state index is 12.8. The van der Waals surface area contributed by atoms with E-state index in [1.807, 2.05) is 0 Å². The molecule has 0 unspecified atom stereocenters. The molecule has 2 aliphatic rings. The maximum absolute atomic E-state index is 12.8. The van der Waals surface area contributed by atoms with Gasteiger partial charge in [0.05, 0.1) is 17.2 Å². The topological polar surface area (TPSA) is 107 Å². The SMILES string of the molecule is Cc1noc(C)c1C(=O)OCC(=O)N(C1CCCC1)[C@H]1CCS(=O)(=O)C1. The van der Waals surface area contributed by atoms with Crippen LogP contribution in [-0.4, -0.2) is 60.5 Å². The van der Waals surface area contributed by atoms with Crippen LogP contribution in [0.25, 0.3) is 0 Å². The van der Waals surface area contributed by atoms with Crippen molar-refractivity contribution in [3.05, 3.63) is 17.0 Å². The molecule has 0 aromatic carbocycles. The van der Waals surface area contributed by atoms with Crippen molar-refractivity contribution in [2.45, 2.75) is 58.0 Å². The molecule has 1 saturated carbocycles. The Bertz CT molecular complexity index is 775. The molecule has 26 heavy (non-hydrogen) atoms. The number of aromatic nitrogens is 1. The Hall–Kier alpha value is -1.90. The molecule has 1 atom stereocenters. The molecule has 0 spiro atoms. The zero-order chi connectivity index (χ0) is 18.9. The molecule has 1 aliphatic carbocycles. The Balaban J connectivity index is 1.69. The highest BCUT2D eigenvalue weighted by molar-refractivity contribution is 7.91. The van der Waals surface area contributed by atoms with Gasteiger partial charge in [-0.2, -0.15) is 0 Å². The van der Waals surface area contributed by atoms with Crippen LogP contribution < -0.4 is 0 Å². The van der Waals surface area contributed by atoms with E-state index < -0.39 is 22.4 Å². The van der Waals surface area contributed by atoms with Crippen LogP contribution in [-0.2, 0) is 19.4 Å². The van der Waals surface area contributed by atoms with Gasteiger partial charge in [-0.05, 0) is 33.1 Å². The molecule has 0 radical (unpaired) electrons. The number of hydrogen-bond donors (Lipinski definition) is 0. The summed E-state index contributed by atoms with van der Waals surface area (Å²) in [6.07, 6.45) is 4.21. The molecule has 1 aromatic rings. The molecule has 144 valence electrons. The first-order chi connectivity index (χ1) is 12.3. The van der Waals surface area contributed by atoms with Crippen molar-refractivity contribution in [3.63, 3.8) is 0 Å². The smallest absolute Gasteiger partial charge is 0.344 e. The summed E-state index contributed by atoms with van der Waals surface area (Å²) in [6, 6.07) is -0.299. The number of carbonyl (C=O) groups is 2. The summed E-state index contributed by atoms with van der Waals surface area (Å²) >= 11 is 0. The molecule has 3 rings (SSSR count). The second kappa shape index (κ2) is 7.38. The average Bonchev–Trinajstić information content (AvgIpc) is 3.28. The third-order valence-electron chi connectivity index (χ3n) is 5.17. The van der Waals surface area contributed by atoms with Gasteiger partial charge in [0.25, 0.3) is 5.91 Å². The number of esters is 1. The lowest BCUT2D eigenvalue weighted by atomic mass is 10.1. The number of aryl methyl sites for hydroxylation is 2. The monoisotopic (exact) mass is 384 g/mol. The molecule has 1 aliphatic heterocycles.